The van der Waals surface area contributed by atoms with Crippen LogP contribution in [-0.2, 0) is 0 Å². The standard InChI is InChI=1S/C25H32O/c1-3-4-13-26-25-12-11-23-16-22(9-10-24(23)17-25)21-8-7-19-14-18(2)5-6-20(19)15-21/h3-4,9-12,16-21H,5-8,13-15H2,1-2H3. The first-order chi connectivity index (χ1) is 12.7. The fraction of sp³-hybridized carbons (Fsp3) is 0.520. The number of hydrogen-bond acceptors (Lipinski definition) is 1. The van der Waals surface area contributed by atoms with Crippen molar-refractivity contribution in [1.29, 1.82) is 0 Å². The van der Waals surface area contributed by atoms with Gasteiger partial charge in [0.05, 0.1) is 0 Å². The minimum absolute atomic E-state index is 0.642. The quantitative estimate of drug-likeness (QED) is 0.535. The molecule has 4 atom stereocenters. The largest absolute Gasteiger partial charge is 0.490 e. The molecule has 2 aromatic rings. The summed E-state index contributed by atoms with van der Waals surface area (Å²) in [6, 6.07) is 13.6. The summed E-state index contributed by atoms with van der Waals surface area (Å²) in [5.41, 5.74) is 1.55. The second-order valence-corrected chi connectivity index (χ2v) is 8.60. The van der Waals surface area contributed by atoms with Crippen LogP contribution in [0.1, 0.15) is 63.9 Å². The van der Waals surface area contributed by atoms with Gasteiger partial charge < -0.3 is 4.74 Å². The highest BCUT2D eigenvalue weighted by molar-refractivity contribution is 5.84. The molecule has 1 heteroatoms. The lowest BCUT2D eigenvalue weighted by molar-refractivity contribution is 0.124. The molecule has 138 valence electrons. The first-order valence-corrected chi connectivity index (χ1v) is 10.5. The minimum Gasteiger partial charge on any atom is -0.490 e. The zero-order chi connectivity index (χ0) is 17.9. The van der Waals surface area contributed by atoms with E-state index < -0.39 is 0 Å². The molecular formula is C25H32O. The van der Waals surface area contributed by atoms with Gasteiger partial charge in [-0.2, -0.15) is 0 Å². The molecule has 0 bridgehead atoms. The molecule has 4 rings (SSSR count). The molecular weight excluding hydrogens is 316 g/mol. The Morgan fingerprint density at radius 1 is 0.923 bits per heavy atom. The Kier molecular flexibility index (Phi) is 5.33. The number of benzene rings is 2. The molecule has 2 aliphatic rings. The van der Waals surface area contributed by atoms with E-state index in [1.54, 1.807) is 5.56 Å². The molecule has 0 saturated heterocycles. The van der Waals surface area contributed by atoms with Crippen LogP contribution in [0.4, 0.5) is 0 Å². The summed E-state index contributed by atoms with van der Waals surface area (Å²) >= 11 is 0. The Morgan fingerprint density at radius 2 is 1.69 bits per heavy atom. The van der Waals surface area contributed by atoms with Crippen LogP contribution in [0.5, 0.6) is 5.75 Å². The normalized spacial score (nSPS) is 29.0. The Labute approximate surface area is 158 Å². The van der Waals surface area contributed by atoms with Gasteiger partial charge in [0.2, 0.25) is 0 Å². The van der Waals surface area contributed by atoms with Crippen molar-refractivity contribution in [3.8, 4) is 5.75 Å². The van der Waals surface area contributed by atoms with Gasteiger partial charge in [0.15, 0.2) is 0 Å². The summed E-state index contributed by atoms with van der Waals surface area (Å²) < 4.78 is 5.78. The Hall–Kier alpha value is -1.76. The molecule has 4 unspecified atom stereocenters. The van der Waals surface area contributed by atoms with E-state index in [2.05, 4.69) is 43.3 Å². The summed E-state index contributed by atoms with van der Waals surface area (Å²) in [7, 11) is 0. The molecule has 0 radical (unpaired) electrons. The van der Waals surface area contributed by atoms with Crippen molar-refractivity contribution < 1.29 is 4.74 Å². The third-order valence-corrected chi connectivity index (χ3v) is 6.76. The van der Waals surface area contributed by atoms with Crippen molar-refractivity contribution in [3.05, 3.63) is 54.1 Å². The number of hydrogen-bond donors (Lipinski definition) is 0. The third-order valence-electron chi connectivity index (χ3n) is 6.76. The second kappa shape index (κ2) is 7.86. The smallest absolute Gasteiger partial charge is 0.120 e. The Morgan fingerprint density at radius 3 is 2.58 bits per heavy atom. The molecule has 2 aromatic carbocycles. The van der Waals surface area contributed by atoms with Crippen molar-refractivity contribution in [2.75, 3.05) is 6.61 Å². The van der Waals surface area contributed by atoms with Gasteiger partial charge in [0, 0.05) is 0 Å². The summed E-state index contributed by atoms with van der Waals surface area (Å²) in [6.07, 6.45) is 12.7. The fourth-order valence-electron chi connectivity index (χ4n) is 5.25. The number of ether oxygens (including phenoxy) is 1. The predicted molar refractivity (Wildman–Crippen MR) is 111 cm³/mol. The molecule has 0 amide bonds. The zero-order valence-electron chi connectivity index (χ0n) is 16.3. The van der Waals surface area contributed by atoms with E-state index in [1.165, 1.54) is 49.3 Å². The molecule has 0 N–H and O–H groups in total. The van der Waals surface area contributed by atoms with Gasteiger partial charge in [-0.3, -0.25) is 0 Å². The summed E-state index contributed by atoms with van der Waals surface area (Å²) in [4.78, 5) is 0. The molecule has 2 aliphatic carbocycles. The maximum atomic E-state index is 5.78. The van der Waals surface area contributed by atoms with Crippen LogP contribution in [0.3, 0.4) is 0 Å². The zero-order valence-corrected chi connectivity index (χ0v) is 16.3. The van der Waals surface area contributed by atoms with E-state index >= 15 is 0 Å². The maximum Gasteiger partial charge on any atom is 0.120 e. The van der Waals surface area contributed by atoms with Gasteiger partial charge in [-0.15, -0.1) is 0 Å². The van der Waals surface area contributed by atoms with Crippen LogP contribution >= 0.6 is 0 Å². The van der Waals surface area contributed by atoms with Crippen LogP contribution < -0.4 is 4.74 Å². The molecule has 1 nitrogen and oxygen atoms in total. The van der Waals surface area contributed by atoms with Crippen LogP contribution in [-0.4, -0.2) is 6.61 Å². The molecule has 26 heavy (non-hydrogen) atoms. The Bertz CT molecular complexity index is 775. The van der Waals surface area contributed by atoms with Crippen molar-refractivity contribution >= 4 is 10.8 Å². The van der Waals surface area contributed by atoms with Gasteiger partial charge >= 0.3 is 0 Å². The summed E-state index contributed by atoms with van der Waals surface area (Å²) in [5.74, 6) is 4.66. The van der Waals surface area contributed by atoms with Gasteiger partial charge in [-0.25, -0.2) is 0 Å². The van der Waals surface area contributed by atoms with Gasteiger partial charge in [-0.1, -0.05) is 49.8 Å². The van der Waals surface area contributed by atoms with E-state index in [-0.39, 0.29) is 0 Å². The number of allylic oxidation sites excluding steroid dienone is 1. The van der Waals surface area contributed by atoms with E-state index in [1.807, 2.05) is 19.1 Å². The lowest BCUT2D eigenvalue weighted by Gasteiger charge is -2.41. The average Bonchev–Trinajstić information content (AvgIpc) is 2.67. The van der Waals surface area contributed by atoms with E-state index in [4.69, 9.17) is 4.74 Å². The first-order valence-electron chi connectivity index (χ1n) is 10.5. The van der Waals surface area contributed by atoms with Gasteiger partial charge in [-0.05, 0) is 91.2 Å². The Balaban J connectivity index is 1.48. The molecule has 0 spiro atoms. The highest BCUT2D eigenvalue weighted by Gasteiger charge is 2.34. The topological polar surface area (TPSA) is 9.23 Å². The van der Waals surface area contributed by atoms with Crippen molar-refractivity contribution in [3.63, 3.8) is 0 Å². The monoisotopic (exact) mass is 348 g/mol. The number of fused-ring (bicyclic) bond motifs is 2. The second-order valence-electron chi connectivity index (χ2n) is 8.60. The van der Waals surface area contributed by atoms with Crippen LogP contribution in [0.2, 0.25) is 0 Å². The lowest BCUT2D eigenvalue weighted by atomic mass is 9.64. The van der Waals surface area contributed by atoms with Crippen LogP contribution in [0, 0.1) is 17.8 Å². The van der Waals surface area contributed by atoms with Gasteiger partial charge in [0.25, 0.3) is 0 Å². The highest BCUT2D eigenvalue weighted by atomic mass is 16.5. The molecule has 0 aromatic heterocycles. The average molecular weight is 349 g/mol. The predicted octanol–water partition coefficient (Wildman–Crippen LogP) is 7.11. The summed E-state index contributed by atoms with van der Waals surface area (Å²) in [6.45, 7) is 5.11. The fourth-order valence-corrected chi connectivity index (χ4v) is 5.25. The van der Waals surface area contributed by atoms with Crippen molar-refractivity contribution in [2.24, 2.45) is 17.8 Å². The van der Waals surface area contributed by atoms with Crippen molar-refractivity contribution in [1.82, 2.24) is 0 Å². The van der Waals surface area contributed by atoms with Crippen LogP contribution in [0.25, 0.3) is 10.8 Å². The molecule has 2 fully saturated rings. The van der Waals surface area contributed by atoms with Crippen molar-refractivity contribution in [2.45, 2.75) is 58.3 Å². The molecule has 0 heterocycles. The molecule has 0 aliphatic heterocycles. The third kappa shape index (κ3) is 3.82. The minimum atomic E-state index is 0.642. The van der Waals surface area contributed by atoms with E-state index in [9.17, 15) is 0 Å². The van der Waals surface area contributed by atoms with Gasteiger partial charge in [0.1, 0.15) is 12.4 Å². The number of rotatable bonds is 4. The lowest BCUT2D eigenvalue weighted by Crippen LogP contribution is -2.29. The first kappa shape index (κ1) is 17.6. The SMILES string of the molecule is CC=CCOc1ccc2cc(C3CCC4CC(C)CCC4C3)ccc2c1. The summed E-state index contributed by atoms with van der Waals surface area (Å²) in [5, 5.41) is 2.63. The molecule has 2 saturated carbocycles. The highest BCUT2D eigenvalue weighted by Crippen LogP contribution is 2.47. The van der Waals surface area contributed by atoms with E-state index in [0.29, 0.717) is 6.61 Å². The van der Waals surface area contributed by atoms with E-state index in [0.717, 1.165) is 29.4 Å². The maximum absolute atomic E-state index is 5.78. The van der Waals surface area contributed by atoms with Crippen LogP contribution in [0.15, 0.2) is 48.6 Å².